The highest BCUT2D eigenvalue weighted by molar-refractivity contribution is 5.95. The summed E-state index contributed by atoms with van der Waals surface area (Å²) in [4.78, 5) is 57.8. The van der Waals surface area contributed by atoms with Crippen molar-refractivity contribution >= 4 is 28.5 Å². The van der Waals surface area contributed by atoms with Gasteiger partial charge in [-0.05, 0) is 47.5 Å². The molecule has 334 valence electrons. The summed E-state index contributed by atoms with van der Waals surface area (Å²) in [5.74, 6) is -11.0. The van der Waals surface area contributed by atoms with Gasteiger partial charge in [0.25, 0.3) is 17.4 Å². The molecule has 0 radical (unpaired) electrons. The van der Waals surface area contributed by atoms with Crippen LogP contribution in [-0.4, -0.2) is 99.8 Å². The Balaban J connectivity index is 1.05. The number of H-pyrrole nitrogens is 1. The molecule has 0 spiro atoms. The highest BCUT2D eigenvalue weighted by Crippen LogP contribution is 2.49. The van der Waals surface area contributed by atoms with Crippen LogP contribution in [0.5, 0.6) is 11.6 Å². The summed E-state index contributed by atoms with van der Waals surface area (Å²) in [6.07, 6.45) is -11.1. The minimum absolute atomic E-state index is 0.0477. The standard InChI is InChI=1S/C41H35F9N6O7/c1-62-35-24(20-26(22-51-35)39(43,44)45)21-52-37(60)38(61,40(46,47)41(48,49)50)25-7-9-27(10-8-25)63-17-12-33(57)55-13-15-56(16-14-55)36(59)30-18-23(6-11-31(30)42)19-32-28-4-2-3-5-29(28)34(58)54-53-32/h2-11,18,20,22,61H,12-17,19,21H2,1H3,(H,52,60)(H,54,58). The SMILES string of the molecule is COc1ncc(C(F)(F)F)cc1CNC(=O)C(O)(c1ccc(OCCC(=O)N2CCN(C(=O)c3cc(Cc4n[nH]c(=O)c5ccccc45)ccc3F)CC2)cc1)C(F)(F)C(F)(F)F. The van der Waals surface area contributed by atoms with E-state index in [0.717, 1.165) is 25.3 Å². The molecular weight excluding hydrogens is 859 g/mol. The van der Waals surface area contributed by atoms with Crippen molar-refractivity contribution in [3.05, 3.63) is 129 Å². The van der Waals surface area contributed by atoms with E-state index in [9.17, 15) is 63.8 Å². The molecule has 2 aromatic heterocycles. The first-order chi connectivity index (χ1) is 29.6. The van der Waals surface area contributed by atoms with Gasteiger partial charge in [0, 0.05) is 56.3 Å². The average Bonchev–Trinajstić information content (AvgIpc) is 3.26. The van der Waals surface area contributed by atoms with Gasteiger partial charge in [-0.15, -0.1) is 0 Å². The lowest BCUT2D eigenvalue weighted by Gasteiger charge is -2.35. The molecule has 1 fully saturated rings. The third kappa shape index (κ3) is 9.54. The number of hydrogen-bond donors (Lipinski definition) is 3. The molecule has 13 nitrogen and oxygen atoms in total. The summed E-state index contributed by atoms with van der Waals surface area (Å²) in [7, 11) is 0.978. The average molecular weight is 895 g/mol. The lowest BCUT2D eigenvalue weighted by molar-refractivity contribution is -0.337. The van der Waals surface area contributed by atoms with Crippen LogP contribution in [0.15, 0.2) is 83.8 Å². The number of pyridine rings is 1. The molecule has 1 aliphatic heterocycles. The Kier molecular flexibility index (Phi) is 13.0. The van der Waals surface area contributed by atoms with Gasteiger partial charge >= 0.3 is 18.3 Å². The number of aromatic nitrogens is 3. The van der Waals surface area contributed by atoms with Crippen LogP contribution in [0.2, 0.25) is 0 Å². The number of nitrogens with zero attached hydrogens (tertiary/aromatic N) is 4. The normalized spacial score (nSPS) is 14.6. The second-order valence-corrected chi connectivity index (χ2v) is 14.2. The van der Waals surface area contributed by atoms with Gasteiger partial charge in [-0.2, -0.15) is 40.2 Å². The fraction of sp³-hybridized carbons (Fsp3) is 0.317. The molecule has 1 saturated heterocycles. The first kappa shape index (κ1) is 45.8. The maximum atomic E-state index is 14.9. The number of benzene rings is 3. The number of piperazine rings is 1. The number of carbonyl (C=O) groups excluding carboxylic acids is 3. The van der Waals surface area contributed by atoms with Crippen molar-refractivity contribution < 1.29 is 68.5 Å². The molecule has 3 amide bonds. The topological polar surface area (TPSA) is 167 Å². The lowest BCUT2D eigenvalue weighted by atomic mass is 9.85. The van der Waals surface area contributed by atoms with Crippen molar-refractivity contribution in [2.24, 2.45) is 0 Å². The first-order valence-electron chi connectivity index (χ1n) is 18.8. The number of ether oxygens (including phenoxy) is 2. The number of aromatic amines is 1. The Hall–Kier alpha value is -6.71. The number of amides is 3. The van der Waals surface area contributed by atoms with Crippen LogP contribution in [0.25, 0.3) is 10.8 Å². The molecule has 0 bridgehead atoms. The Morgan fingerprint density at radius 2 is 1.51 bits per heavy atom. The molecule has 3 heterocycles. The quantitative estimate of drug-likeness (QED) is 0.129. The van der Waals surface area contributed by atoms with Crippen LogP contribution < -0.4 is 20.3 Å². The zero-order valence-corrected chi connectivity index (χ0v) is 32.7. The van der Waals surface area contributed by atoms with Gasteiger partial charge in [0.1, 0.15) is 11.6 Å². The molecule has 3 N–H and O–H groups in total. The minimum Gasteiger partial charge on any atom is -0.493 e. The van der Waals surface area contributed by atoms with Gasteiger partial charge in [0.15, 0.2) is 0 Å². The van der Waals surface area contributed by atoms with Gasteiger partial charge in [-0.3, -0.25) is 19.2 Å². The molecule has 0 aliphatic carbocycles. The number of nitrogens with one attached hydrogen (secondary N) is 2. The fourth-order valence-electron chi connectivity index (χ4n) is 6.81. The van der Waals surface area contributed by atoms with Crippen molar-refractivity contribution in [1.82, 2.24) is 30.3 Å². The summed E-state index contributed by atoms with van der Waals surface area (Å²) >= 11 is 0. The van der Waals surface area contributed by atoms with E-state index in [-0.39, 0.29) is 62.5 Å². The summed E-state index contributed by atoms with van der Waals surface area (Å²) in [5, 5.41) is 20.1. The molecule has 22 heteroatoms. The van der Waals surface area contributed by atoms with Crippen LogP contribution in [0.4, 0.5) is 39.5 Å². The lowest BCUT2D eigenvalue weighted by Crippen LogP contribution is -2.62. The molecule has 3 aromatic carbocycles. The number of halogens is 9. The van der Waals surface area contributed by atoms with Gasteiger partial charge in [0.05, 0.1) is 42.3 Å². The predicted molar refractivity (Wildman–Crippen MR) is 203 cm³/mol. The third-order valence-electron chi connectivity index (χ3n) is 10.2. The van der Waals surface area contributed by atoms with Crippen LogP contribution in [-0.2, 0) is 34.3 Å². The van der Waals surface area contributed by atoms with Crippen molar-refractivity contribution in [3.63, 3.8) is 0 Å². The van der Waals surface area contributed by atoms with E-state index in [2.05, 4.69) is 15.2 Å². The summed E-state index contributed by atoms with van der Waals surface area (Å²) in [5.41, 5.74) is -7.31. The fourth-order valence-corrected chi connectivity index (χ4v) is 6.81. The van der Waals surface area contributed by atoms with Gasteiger partial charge < -0.3 is 29.7 Å². The molecular formula is C41H35F9N6O7. The van der Waals surface area contributed by atoms with E-state index in [1.54, 1.807) is 29.6 Å². The second-order valence-electron chi connectivity index (χ2n) is 14.2. The van der Waals surface area contributed by atoms with E-state index in [4.69, 9.17) is 9.47 Å². The Labute approximate surface area is 350 Å². The van der Waals surface area contributed by atoms with Crippen molar-refractivity contribution in [3.8, 4) is 11.6 Å². The van der Waals surface area contributed by atoms with E-state index in [0.29, 0.717) is 46.4 Å². The molecule has 5 aromatic rings. The number of carbonyl (C=O) groups is 3. The molecule has 1 atom stereocenters. The maximum absolute atomic E-state index is 14.9. The van der Waals surface area contributed by atoms with E-state index < -0.39 is 76.5 Å². The van der Waals surface area contributed by atoms with E-state index in [1.807, 2.05) is 0 Å². The molecule has 1 aliphatic rings. The molecule has 0 saturated carbocycles. The first-order valence-corrected chi connectivity index (χ1v) is 18.8. The number of fused-ring (bicyclic) bond motifs is 1. The highest BCUT2D eigenvalue weighted by atomic mass is 19.4. The summed E-state index contributed by atoms with van der Waals surface area (Å²) in [6.45, 7) is -1.21. The highest BCUT2D eigenvalue weighted by Gasteiger charge is 2.73. The van der Waals surface area contributed by atoms with Crippen LogP contribution in [0.1, 0.15) is 44.7 Å². The summed E-state index contributed by atoms with van der Waals surface area (Å²) < 4.78 is 136. The molecule has 1 unspecified atom stereocenters. The molecule has 6 rings (SSSR count). The zero-order chi connectivity index (χ0) is 45.9. The van der Waals surface area contributed by atoms with Crippen molar-refractivity contribution in [1.29, 1.82) is 0 Å². The van der Waals surface area contributed by atoms with Crippen molar-refractivity contribution in [2.45, 2.75) is 43.3 Å². The Morgan fingerprint density at radius 3 is 2.14 bits per heavy atom. The van der Waals surface area contributed by atoms with Gasteiger partial charge in [-0.1, -0.05) is 36.4 Å². The Morgan fingerprint density at radius 1 is 0.857 bits per heavy atom. The van der Waals surface area contributed by atoms with Crippen LogP contribution >= 0.6 is 0 Å². The van der Waals surface area contributed by atoms with Crippen LogP contribution in [0.3, 0.4) is 0 Å². The number of rotatable bonds is 13. The number of methoxy groups -OCH3 is 1. The number of hydrogen-bond acceptors (Lipinski definition) is 9. The number of alkyl halides is 8. The predicted octanol–water partition coefficient (Wildman–Crippen LogP) is 5.53. The smallest absolute Gasteiger partial charge is 0.457 e. The van der Waals surface area contributed by atoms with Gasteiger partial charge in [-0.25, -0.2) is 14.5 Å². The van der Waals surface area contributed by atoms with Crippen LogP contribution in [0, 0.1) is 5.82 Å². The largest absolute Gasteiger partial charge is 0.493 e. The van der Waals surface area contributed by atoms with E-state index in [1.165, 1.54) is 21.9 Å². The van der Waals surface area contributed by atoms with Gasteiger partial charge in [0.2, 0.25) is 17.4 Å². The zero-order valence-electron chi connectivity index (χ0n) is 32.7. The summed E-state index contributed by atoms with van der Waals surface area (Å²) in [6, 6.07) is 14.1. The Bertz CT molecular complexity index is 2560. The monoisotopic (exact) mass is 894 g/mol. The van der Waals surface area contributed by atoms with Crippen molar-refractivity contribution in [2.75, 3.05) is 39.9 Å². The maximum Gasteiger partial charge on any atom is 0.457 e. The van der Waals surface area contributed by atoms with E-state index >= 15 is 0 Å². The number of aliphatic hydroxyl groups is 1. The molecule has 63 heavy (non-hydrogen) atoms. The second kappa shape index (κ2) is 17.9. The third-order valence-corrected chi connectivity index (χ3v) is 10.2. The minimum atomic E-state index is -6.50.